The van der Waals surface area contributed by atoms with Crippen LogP contribution in [-0.4, -0.2) is 44.0 Å². The van der Waals surface area contributed by atoms with Gasteiger partial charge >= 0.3 is 12.1 Å². The van der Waals surface area contributed by atoms with Gasteiger partial charge in [0.2, 0.25) is 0 Å². The summed E-state index contributed by atoms with van der Waals surface area (Å²) in [6.45, 7) is 8.33. The van der Waals surface area contributed by atoms with Gasteiger partial charge in [0.25, 0.3) is 0 Å². The highest BCUT2D eigenvalue weighted by atomic mass is 16.4. The molecule has 2 aromatic carbocycles. The predicted molar refractivity (Wildman–Crippen MR) is 149 cm³/mol. The average Bonchev–Trinajstić information content (AvgIpc) is 3.40. The van der Waals surface area contributed by atoms with Crippen LogP contribution >= 0.6 is 0 Å². The van der Waals surface area contributed by atoms with Gasteiger partial charge in [-0.3, -0.25) is 5.32 Å². The summed E-state index contributed by atoms with van der Waals surface area (Å²) in [4.78, 5) is 26.2. The Labute approximate surface area is 224 Å². The number of carbonyl (C=O) groups excluding carboxylic acids is 1. The zero-order valence-corrected chi connectivity index (χ0v) is 22.6. The molecule has 0 spiro atoms. The fourth-order valence-corrected chi connectivity index (χ4v) is 5.82. The van der Waals surface area contributed by atoms with Crippen molar-refractivity contribution < 1.29 is 14.7 Å². The zero-order chi connectivity index (χ0) is 27.0. The molecule has 5 rings (SSSR count). The van der Waals surface area contributed by atoms with Crippen LogP contribution in [0.15, 0.2) is 54.6 Å². The van der Waals surface area contributed by atoms with Gasteiger partial charge in [-0.1, -0.05) is 50.6 Å². The number of rotatable bonds is 5. The summed E-state index contributed by atoms with van der Waals surface area (Å²) in [5.41, 5.74) is 4.68. The van der Waals surface area contributed by atoms with E-state index in [0.29, 0.717) is 17.4 Å². The molecule has 0 radical (unpaired) electrons. The van der Waals surface area contributed by atoms with Crippen LogP contribution < -0.4 is 10.6 Å². The van der Waals surface area contributed by atoms with Crippen LogP contribution in [0.3, 0.4) is 0 Å². The van der Waals surface area contributed by atoms with Crippen LogP contribution in [0, 0.1) is 12.8 Å². The molecule has 3 N–H and O–H groups in total. The molecule has 3 aromatic rings. The minimum absolute atomic E-state index is 0.160. The molecule has 2 aliphatic rings. The van der Waals surface area contributed by atoms with Gasteiger partial charge in [-0.05, 0) is 74.8 Å². The molecule has 8 heteroatoms. The first-order chi connectivity index (χ1) is 18.1. The third-order valence-corrected chi connectivity index (χ3v) is 7.79. The first-order valence-electron chi connectivity index (χ1n) is 13.4. The van der Waals surface area contributed by atoms with Crippen molar-refractivity contribution in [2.45, 2.75) is 77.3 Å². The van der Waals surface area contributed by atoms with Gasteiger partial charge in [0, 0.05) is 29.3 Å². The molecule has 2 bridgehead atoms. The number of aryl methyl sites for hydroxylation is 1. The van der Waals surface area contributed by atoms with Gasteiger partial charge in [-0.2, -0.15) is 5.10 Å². The lowest BCUT2D eigenvalue weighted by Gasteiger charge is -2.37. The molecule has 0 saturated carbocycles. The van der Waals surface area contributed by atoms with Crippen LogP contribution in [0.1, 0.15) is 63.3 Å². The van der Waals surface area contributed by atoms with Crippen molar-refractivity contribution in [2.75, 3.05) is 10.6 Å². The van der Waals surface area contributed by atoms with Crippen molar-refractivity contribution in [1.29, 1.82) is 0 Å². The summed E-state index contributed by atoms with van der Waals surface area (Å²) in [7, 11) is 0. The lowest BCUT2D eigenvalue weighted by molar-refractivity contribution is 0.0850. The normalized spacial score (nSPS) is 20.8. The number of amides is 3. The summed E-state index contributed by atoms with van der Waals surface area (Å²) < 4.78 is 1.77. The van der Waals surface area contributed by atoms with E-state index >= 15 is 0 Å². The third kappa shape index (κ3) is 5.54. The maximum absolute atomic E-state index is 12.9. The third-order valence-electron chi connectivity index (χ3n) is 7.79. The van der Waals surface area contributed by atoms with Gasteiger partial charge in [0.05, 0.1) is 11.4 Å². The highest BCUT2D eigenvalue weighted by molar-refractivity contribution is 5.99. The number of nitrogens with zero attached hydrogens (tertiary/aromatic N) is 3. The standard InChI is InChI=1S/C30H37N5O3/c1-19-5-11-23(12-6-19)35-27(18-26(33-35)30(2,3)4)32-28(36)31-22-9-7-20(8-10-22)15-21-16-24-13-14-25(17-21)34(24)29(37)38/h5-12,18,21,24-25H,13-17H2,1-4H3,(H,37,38)(H2,31,32,36)/t21-,24+,25-. The van der Waals surface area contributed by atoms with E-state index in [-0.39, 0.29) is 23.5 Å². The van der Waals surface area contributed by atoms with E-state index < -0.39 is 6.09 Å². The number of hydrogen-bond acceptors (Lipinski definition) is 3. The van der Waals surface area contributed by atoms with Crippen molar-refractivity contribution in [3.05, 3.63) is 71.4 Å². The Balaban J connectivity index is 1.23. The van der Waals surface area contributed by atoms with E-state index in [1.54, 1.807) is 9.58 Å². The number of carboxylic acid groups (broad SMARTS) is 1. The van der Waals surface area contributed by atoms with E-state index in [9.17, 15) is 14.7 Å². The number of anilines is 2. The Bertz CT molecular complexity index is 1290. The quantitative estimate of drug-likeness (QED) is 0.357. The first kappa shape index (κ1) is 25.8. The predicted octanol–water partition coefficient (Wildman–Crippen LogP) is 6.59. The largest absolute Gasteiger partial charge is 0.465 e. The minimum atomic E-state index is -0.777. The summed E-state index contributed by atoms with van der Waals surface area (Å²) in [6, 6.07) is 17.9. The molecule has 3 atom stereocenters. The highest BCUT2D eigenvalue weighted by Gasteiger charge is 2.43. The van der Waals surface area contributed by atoms with Crippen molar-refractivity contribution in [3.63, 3.8) is 0 Å². The molecular formula is C30H37N5O3. The minimum Gasteiger partial charge on any atom is -0.465 e. The fraction of sp³-hybridized carbons (Fsp3) is 0.433. The molecule has 8 nitrogen and oxygen atoms in total. The smallest absolute Gasteiger partial charge is 0.407 e. The van der Waals surface area contributed by atoms with E-state index in [4.69, 9.17) is 5.10 Å². The van der Waals surface area contributed by atoms with Gasteiger partial charge in [0.1, 0.15) is 5.82 Å². The van der Waals surface area contributed by atoms with Crippen LogP contribution in [0.25, 0.3) is 5.69 Å². The second-order valence-electron chi connectivity index (χ2n) is 11.8. The second-order valence-corrected chi connectivity index (χ2v) is 11.8. The zero-order valence-electron chi connectivity index (χ0n) is 22.6. The molecule has 3 heterocycles. The molecule has 3 amide bonds. The van der Waals surface area contributed by atoms with Gasteiger partial charge < -0.3 is 15.3 Å². The number of hydrogen-bond donors (Lipinski definition) is 3. The lowest BCUT2D eigenvalue weighted by Crippen LogP contribution is -2.46. The Morgan fingerprint density at radius 2 is 1.61 bits per heavy atom. The molecule has 2 fully saturated rings. The number of piperidine rings is 1. The second kappa shape index (κ2) is 10.2. The molecule has 1 aromatic heterocycles. The number of nitrogens with one attached hydrogen (secondary N) is 2. The van der Waals surface area contributed by atoms with Crippen molar-refractivity contribution in [3.8, 4) is 5.69 Å². The number of carbonyl (C=O) groups is 2. The molecule has 0 aliphatic carbocycles. The van der Waals surface area contributed by atoms with E-state index in [1.165, 1.54) is 5.56 Å². The molecule has 2 aliphatic heterocycles. The van der Waals surface area contributed by atoms with Crippen LogP contribution in [0.5, 0.6) is 0 Å². The summed E-state index contributed by atoms with van der Waals surface area (Å²) in [6.07, 6.45) is 3.96. The van der Waals surface area contributed by atoms with Crippen molar-refractivity contribution in [2.24, 2.45) is 5.92 Å². The Hall–Kier alpha value is -3.81. The van der Waals surface area contributed by atoms with Gasteiger partial charge in [-0.15, -0.1) is 0 Å². The summed E-state index contributed by atoms with van der Waals surface area (Å²) in [5.74, 6) is 1.10. The SMILES string of the molecule is Cc1ccc(-n2nc(C(C)(C)C)cc2NC(=O)Nc2ccc(C[C@H]3C[C@H]4CC[C@@H](C3)N4C(=O)O)cc2)cc1. The number of urea groups is 1. The van der Waals surface area contributed by atoms with Crippen molar-refractivity contribution >= 4 is 23.6 Å². The average molecular weight is 516 g/mol. The Morgan fingerprint density at radius 3 is 2.18 bits per heavy atom. The number of benzene rings is 2. The van der Waals surface area contributed by atoms with Crippen LogP contribution in [-0.2, 0) is 11.8 Å². The molecular weight excluding hydrogens is 478 g/mol. The summed E-state index contributed by atoms with van der Waals surface area (Å²) >= 11 is 0. The van der Waals surface area contributed by atoms with E-state index in [1.807, 2.05) is 49.4 Å². The van der Waals surface area contributed by atoms with E-state index in [0.717, 1.165) is 49.0 Å². The number of aromatic nitrogens is 2. The Morgan fingerprint density at radius 1 is 0.974 bits per heavy atom. The molecule has 200 valence electrons. The van der Waals surface area contributed by atoms with Crippen LogP contribution in [0.4, 0.5) is 21.1 Å². The fourth-order valence-electron chi connectivity index (χ4n) is 5.82. The van der Waals surface area contributed by atoms with Gasteiger partial charge in [0.15, 0.2) is 0 Å². The Kier molecular flexibility index (Phi) is 6.90. The lowest BCUT2D eigenvalue weighted by atomic mass is 9.86. The molecule has 2 saturated heterocycles. The van der Waals surface area contributed by atoms with Crippen LogP contribution in [0.2, 0.25) is 0 Å². The topological polar surface area (TPSA) is 99.5 Å². The number of fused-ring (bicyclic) bond motifs is 2. The maximum Gasteiger partial charge on any atom is 0.407 e. The maximum atomic E-state index is 12.9. The van der Waals surface area contributed by atoms with E-state index in [2.05, 4.69) is 43.5 Å². The van der Waals surface area contributed by atoms with Gasteiger partial charge in [-0.25, -0.2) is 14.3 Å². The molecule has 38 heavy (non-hydrogen) atoms. The first-order valence-corrected chi connectivity index (χ1v) is 13.4. The highest BCUT2D eigenvalue weighted by Crippen LogP contribution is 2.40. The monoisotopic (exact) mass is 515 g/mol. The van der Waals surface area contributed by atoms with Crippen molar-refractivity contribution in [1.82, 2.24) is 14.7 Å². The molecule has 0 unspecified atom stereocenters. The summed E-state index contributed by atoms with van der Waals surface area (Å²) in [5, 5.41) is 20.2.